The maximum Gasteiger partial charge on any atom is 0.276 e. The summed E-state index contributed by atoms with van der Waals surface area (Å²) in [6, 6.07) is 11.2. The molecule has 0 bridgehead atoms. The molecule has 0 saturated heterocycles. The molecule has 1 N–H and O–H groups in total. The first-order valence-electron chi connectivity index (χ1n) is 6.50. The highest BCUT2D eigenvalue weighted by Gasteiger charge is 2.09. The second-order valence-electron chi connectivity index (χ2n) is 4.54. The van der Waals surface area contributed by atoms with E-state index in [1.807, 2.05) is 44.2 Å². The minimum absolute atomic E-state index is 0.182. The van der Waals surface area contributed by atoms with Crippen molar-refractivity contribution in [1.29, 1.82) is 0 Å². The van der Waals surface area contributed by atoms with Crippen LogP contribution in [0, 0.1) is 6.92 Å². The standard InChI is InChI=1S/C15H15N3O2/c1-3-20-14-9-15(19)18-13(16-14)8-12(17-18)11-7-5-4-6-10(11)2/h4-9,17H,3H2,1-2H3. The molecule has 5 heteroatoms. The average Bonchev–Trinajstić information content (AvgIpc) is 2.84. The van der Waals surface area contributed by atoms with Crippen LogP contribution in [-0.2, 0) is 0 Å². The van der Waals surface area contributed by atoms with Crippen LogP contribution in [-0.4, -0.2) is 21.2 Å². The number of benzene rings is 1. The molecular weight excluding hydrogens is 254 g/mol. The van der Waals surface area contributed by atoms with Crippen molar-refractivity contribution in [2.24, 2.45) is 0 Å². The molecule has 0 aliphatic heterocycles. The lowest BCUT2D eigenvalue weighted by atomic mass is 10.1. The summed E-state index contributed by atoms with van der Waals surface area (Å²) in [4.78, 5) is 16.3. The number of rotatable bonds is 3. The predicted octanol–water partition coefficient (Wildman–Crippen LogP) is 2.40. The average molecular weight is 269 g/mol. The molecule has 0 amide bonds. The van der Waals surface area contributed by atoms with Gasteiger partial charge in [-0.25, -0.2) is 4.52 Å². The fourth-order valence-electron chi connectivity index (χ4n) is 2.20. The van der Waals surface area contributed by atoms with Crippen molar-refractivity contribution in [2.45, 2.75) is 13.8 Å². The van der Waals surface area contributed by atoms with Crippen molar-refractivity contribution in [3.05, 3.63) is 52.3 Å². The van der Waals surface area contributed by atoms with Gasteiger partial charge in [0.05, 0.1) is 18.4 Å². The zero-order valence-electron chi connectivity index (χ0n) is 11.4. The summed E-state index contributed by atoms with van der Waals surface area (Å²) in [5.74, 6) is 0.354. The first kappa shape index (κ1) is 12.5. The van der Waals surface area contributed by atoms with Gasteiger partial charge in [0.1, 0.15) is 0 Å². The van der Waals surface area contributed by atoms with Crippen LogP contribution >= 0.6 is 0 Å². The Hall–Kier alpha value is -2.56. The maximum atomic E-state index is 12.0. The molecule has 3 rings (SSSR count). The van der Waals surface area contributed by atoms with Crippen molar-refractivity contribution in [3.63, 3.8) is 0 Å². The summed E-state index contributed by atoms with van der Waals surface area (Å²) >= 11 is 0. The molecule has 0 spiro atoms. The zero-order valence-corrected chi connectivity index (χ0v) is 11.4. The predicted molar refractivity (Wildman–Crippen MR) is 77.2 cm³/mol. The van der Waals surface area contributed by atoms with Crippen molar-refractivity contribution in [2.75, 3.05) is 6.61 Å². The number of aromatic nitrogens is 3. The van der Waals surface area contributed by atoms with E-state index in [4.69, 9.17) is 4.74 Å². The third-order valence-electron chi connectivity index (χ3n) is 3.15. The summed E-state index contributed by atoms with van der Waals surface area (Å²) in [5, 5.41) is 3.08. The molecule has 0 radical (unpaired) electrons. The zero-order chi connectivity index (χ0) is 14.1. The van der Waals surface area contributed by atoms with Crippen LogP contribution in [0.5, 0.6) is 5.88 Å². The number of nitrogens with zero attached hydrogens (tertiary/aromatic N) is 2. The number of aromatic amines is 1. The smallest absolute Gasteiger partial charge is 0.276 e. The van der Waals surface area contributed by atoms with Gasteiger partial charge in [-0.05, 0) is 19.4 Å². The van der Waals surface area contributed by atoms with Gasteiger partial charge in [0.25, 0.3) is 5.56 Å². The summed E-state index contributed by atoms with van der Waals surface area (Å²) in [6.07, 6.45) is 0. The van der Waals surface area contributed by atoms with Crippen molar-refractivity contribution in [1.82, 2.24) is 14.6 Å². The molecule has 0 unspecified atom stereocenters. The Morgan fingerprint density at radius 1 is 1.30 bits per heavy atom. The molecule has 0 aliphatic carbocycles. The molecule has 0 saturated carbocycles. The van der Waals surface area contributed by atoms with Crippen LogP contribution < -0.4 is 10.3 Å². The molecule has 2 aromatic heterocycles. The number of hydrogen-bond donors (Lipinski definition) is 1. The summed E-state index contributed by atoms with van der Waals surface area (Å²) in [6.45, 7) is 4.37. The Morgan fingerprint density at radius 2 is 2.10 bits per heavy atom. The molecule has 20 heavy (non-hydrogen) atoms. The number of aryl methyl sites for hydroxylation is 1. The number of hydrogen-bond acceptors (Lipinski definition) is 3. The number of H-pyrrole nitrogens is 1. The molecule has 2 heterocycles. The van der Waals surface area contributed by atoms with Crippen LogP contribution in [0.3, 0.4) is 0 Å². The number of fused-ring (bicyclic) bond motifs is 1. The fraction of sp³-hybridized carbons (Fsp3) is 0.200. The van der Waals surface area contributed by atoms with E-state index in [9.17, 15) is 4.79 Å². The maximum absolute atomic E-state index is 12.0. The Balaban J connectivity index is 2.18. The first-order chi connectivity index (χ1) is 9.69. The molecule has 0 atom stereocenters. The molecule has 1 aromatic carbocycles. The molecule has 0 fully saturated rings. The third-order valence-corrected chi connectivity index (χ3v) is 3.15. The van der Waals surface area contributed by atoms with Gasteiger partial charge in [-0.2, -0.15) is 4.98 Å². The highest BCUT2D eigenvalue weighted by atomic mass is 16.5. The van der Waals surface area contributed by atoms with Gasteiger partial charge in [0.2, 0.25) is 5.88 Å². The molecule has 0 aliphatic rings. The Bertz CT molecular complexity index is 817. The van der Waals surface area contributed by atoms with Crippen LogP contribution in [0.15, 0.2) is 41.2 Å². The highest BCUT2D eigenvalue weighted by Crippen LogP contribution is 2.22. The van der Waals surface area contributed by atoms with Crippen molar-refractivity contribution >= 4 is 5.65 Å². The summed E-state index contributed by atoms with van der Waals surface area (Å²) < 4.78 is 6.72. The quantitative estimate of drug-likeness (QED) is 0.794. The number of ether oxygens (including phenoxy) is 1. The van der Waals surface area contributed by atoms with Crippen molar-refractivity contribution < 1.29 is 4.74 Å². The van der Waals surface area contributed by atoms with Gasteiger partial charge in [0, 0.05) is 11.6 Å². The minimum atomic E-state index is -0.182. The van der Waals surface area contributed by atoms with E-state index in [1.165, 1.54) is 10.6 Å². The first-order valence-corrected chi connectivity index (χ1v) is 6.50. The van der Waals surface area contributed by atoms with Crippen LogP contribution in [0.1, 0.15) is 12.5 Å². The number of nitrogens with one attached hydrogen (secondary N) is 1. The van der Waals surface area contributed by atoms with Crippen molar-refractivity contribution in [3.8, 4) is 17.1 Å². The lowest BCUT2D eigenvalue weighted by Gasteiger charge is -2.01. The van der Waals surface area contributed by atoms with E-state index < -0.39 is 0 Å². The summed E-state index contributed by atoms with van der Waals surface area (Å²) in [7, 11) is 0. The van der Waals surface area contributed by atoms with E-state index in [0.29, 0.717) is 18.1 Å². The largest absolute Gasteiger partial charge is 0.478 e. The minimum Gasteiger partial charge on any atom is -0.478 e. The van der Waals surface area contributed by atoms with Gasteiger partial charge in [-0.1, -0.05) is 24.3 Å². The van der Waals surface area contributed by atoms with Crippen LogP contribution in [0.4, 0.5) is 0 Å². The molecule has 5 nitrogen and oxygen atoms in total. The second kappa shape index (κ2) is 4.85. The monoisotopic (exact) mass is 269 g/mol. The normalized spacial score (nSPS) is 10.9. The molecular formula is C15H15N3O2. The van der Waals surface area contributed by atoms with E-state index in [2.05, 4.69) is 10.1 Å². The van der Waals surface area contributed by atoms with Crippen LogP contribution in [0.2, 0.25) is 0 Å². The van der Waals surface area contributed by atoms with E-state index in [0.717, 1.165) is 16.8 Å². The molecule has 3 aromatic rings. The lowest BCUT2D eigenvalue weighted by molar-refractivity contribution is 0.326. The van der Waals surface area contributed by atoms with Gasteiger partial charge in [-0.15, -0.1) is 0 Å². The topological polar surface area (TPSA) is 59.4 Å². The Labute approximate surface area is 115 Å². The van der Waals surface area contributed by atoms with E-state index in [-0.39, 0.29) is 5.56 Å². The van der Waals surface area contributed by atoms with Gasteiger partial charge < -0.3 is 4.74 Å². The Kier molecular flexibility index (Phi) is 3.02. The van der Waals surface area contributed by atoms with E-state index in [1.54, 1.807) is 0 Å². The van der Waals surface area contributed by atoms with Crippen LogP contribution in [0.25, 0.3) is 16.9 Å². The lowest BCUT2D eigenvalue weighted by Crippen LogP contribution is -2.14. The Morgan fingerprint density at radius 3 is 2.85 bits per heavy atom. The van der Waals surface area contributed by atoms with E-state index >= 15 is 0 Å². The van der Waals surface area contributed by atoms with Gasteiger partial charge >= 0.3 is 0 Å². The molecule has 102 valence electrons. The van der Waals surface area contributed by atoms with Gasteiger partial charge in [0.15, 0.2) is 5.65 Å². The highest BCUT2D eigenvalue weighted by molar-refractivity contribution is 5.67. The SMILES string of the molecule is CCOc1cc(=O)n2[nH]c(-c3ccccc3C)cc2n1. The second-order valence-corrected chi connectivity index (χ2v) is 4.54. The summed E-state index contributed by atoms with van der Waals surface area (Å²) in [5.41, 5.74) is 3.42. The third kappa shape index (κ3) is 2.07. The fourth-order valence-corrected chi connectivity index (χ4v) is 2.20. The van der Waals surface area contributed by atoms with Gasteiger partial charge in [-0.3, -0.25) is 9.89 Å².